The summed E-state index contributed by atoms with van der Waals surface area (Å²) >= 11 is 6.11. The third kappa shape index (κ3) is 4.28. The lowest BCUT2D eigenvalue weighted by Gasteiger charge is -2.04. The first kappa shape index (κ1) is 16.8. The molecule has 3 aromatic rings. The van der Waals surface area contributed by atoms with Crippen molar-refractivity contribution >= 4 is 29.3 Å². The second-order valence-electron chi connectivity index (χ2n) is 5.28. The number of carbonyl (C=O) groups excluding carboxylic acids is 1. The summed E-state index contributed by atoms with van der Waals surface area (Å²) in [5, 5.41) is 8.85. The molecule has 0 saturated carbocycles. The largest absolute Gasteiger partial charge is 0.287 e. The third-order valence-electron chi connectivity index (χ3n) is 3.56. The molecule has 0 unspecified atom stereocenters. The van der Waals surface area contributed by atoms with Crippen LogP contribution in [0, 0.1) is 0 Å². The summed E-state index contributed by atoms with van der Waals surface area (Å²) in [4.78, 5) is 12.8. The molecule has 0 amide bonds. The molecule has 0 aliphatic rings. The Balaban J connectivity index is 1.97. The SMILES string of the molecule is O=C(C(=NN=Cc1ccccc1Cl)c1ccccc1)c1ccccc1. The van der Waals surface area contributed by atoms with Crippen molar-refractivity contribution in [3.8, 4) is 0 Å². The Morgan fingerprint density at radius 1 is 0.760 bits per heavy atom. The zero-order valence-corrected chi connectivity index (χ0v) is 14.1. The van der Waals surface area contributed by atoms with Gasteiger partial charge in [-0.25, -0.2) is 0 Å². The quantitative estimate of drug-likeness (QED) is 0.362. The highest BCUT2D eigenvalue weighted by atomic mass is 35.5. The Labute approximate surface area is 151 Å². The summed E-state index contributed by atoms with van der Waals surface area (Å²) < 4.78 is 0. The van der Waals surface area contributed by atoms with Crippen LogP contribution in [0.25, 0.3) is 0 Å². The summed E-state index contributed by atoms with van der Waals surface area (Å²) in [6.07, 6.45) is 1.55. The smallest absolute Gasteiger partial charge is 0.213 e. The number of ketones is 1. The van der Waals surface area contributed by atoms with Gasteiger partial charge in [-0.2, -0.15) is 5.10 Å². The maximum Gasteiger partial charge on any atom is 0.213 e. The van der Waals surface area contributed by atoms with Crippen LogP contribution in [-0.4, -0.2) is 17.7 Å². The van der Waals surface area contributed by atoms with E-state index in [1.165, 1.54) is 0 Å². The van der Waals surface area contributed by atoms with Gasteiger partial charge in [0.25, 0.3) is 0 Å². The monoisotopic (exact) mass is 346 g/mol. The van der Waals surface area contributed by atoms with E-state index in [2.05, 4.69) is 10.2 Å². The van der Waals surface area contributed by atoms with Crippen LogP contribution in [0.4, 0.5) is 0 Å². The van der Waals surface area contributed by atoms with Crippen molar-refractivity contribution in [3.63, 3.8) is 0 Å². The average molecular weight is 347 g/mol. The average Bonchev–Trinajstić information content (AvgIpc) is 2.67. The maximum absolute atomic E-state index is 12.8. The molecule has 0 bridgehead atoms. The Bertz CT molecular complexity index is 919. The molecule has 0 spiro atoms. The van der Waals surface area contributed by atoms with Crippen LogP contribution in [0.5, 0.6) is 0 Å². The zero-order valence-electron chi connectivity index (χ0n) is 13.3. The van der Waals surface area contributed by atoms with E-state index in [1.54, 1.807) is 24.4 Å². The number of halogens is 1. The van der Waals surface area contributed by atoms with Gasteiger partial charge in [0.15, 0.2) is 0 Å². The van der Waals surface area contributed by atoms with E-state index in [4.69, 9.17) is 11.6 Å². The maximum atomic E-state index is 12.8. The summed E-state index contributed by atoms with van der Waals surface area (Å²) in [5.41, 5.74) is 2.31. The Hall–Kier alpha value is -3.04. The molecule has 0 saturated heterocycles. The molecule has 122 valence electrons. The van der Waals surface area contributed by atoms with Crippen molar-refractivity contribution in [1.29, 1.82) is 0 Å². The van der Waals surface area contributed by atoms with Gasteiger partial charge < -0.3 is 0 Å². The van der Waals surface area contributed by atoms with Crippen molar-refractivity contribution < 1.29 is 4.79 Å². The molecular formula is C21H15ClN2O. The van der Waals surface area contributed by atoms with Crippen LogP contribution < -0.4 is 0 Å². The lowest BCUT2D eigenvalue weighted by molar-refractivity contribution is 0.106. The van der Waals surface area contributed by atoms with Crippen LogP contribution in [0.15, 0.2) is 95.1 Å². The van der Waals surface area contributed by atoms with Crippen molar-refractivity contribution in [2.24, 2.45) is 10.2 Å². The van der Waals surface area contributed by atoms with Gasteiger partial charge in [-0.3, -0.25) is 4.79 Å². The third-order valence-corrected chi connectivity index (χ3v) is 3.90. The van der Waals surface area contributed by atoms with Crippen molar-refractivity contribution in [3.05, 3.63) is 107 Å². The molecule has 3 nitrogen and oxygen atoms in total. The molecule has 3 rings (SSSR count). The number of benzene rings is 3. The first-order valence-electron chi connectivity index (χ1n) is 7.76. The van der Waals surface area contributed by atoms with Gasteiger partial charge in [-0.15, -0.1) is 5.10 Å². The zero-order chi connectivity index (χ0) is 17.5. The van der Waals surface area contributed by atoms with Gasteiger partial charge in [0.2, 0.25) is 5.78 Å². The molecule has 0 aliphatic heterocycles. The predicted molar refractivity (Wildman–Crippen MR) is 103 cm³/mol. The minimum atomic E-state index is -0.178. The molecule has 3 aromatic carbocycles. The molecule has 0 atom stereocenters. The minimum absolute atomic E-state index is 0.178. The molecule has 0 aliphatic carbocycles. The fourth-order valence-electron chi connectivity index (χ4n) is 2.29. The van der Waals surface area contributed by atoms with E-state index in [0.29, 0.717) is 16.1 Å². The topological polar surface area (TPSA) is 41.8 Å². The first-order chi connectivity index (χ1) is 12.3. The van der Waals surface area contributed by atoms with E-state index in [1.807, 2.05) is 66.7 Å². The first-order valence-corrected chi connectivity index (χ1v) is 8.14. The molecule has 0 aromatic heterocycles. The second-order valence-corrected chi connectivity index (χ2v) is 5.68. The minimum Gasteiger partial charge on any atom is -0.287 e. The van der Waals surface area contributed by atoms with Gasteiger partial charge in [-0.1, -0.05) is 90.5 Å². The predicted octanol–water partition coefficient (Wildman–Crippen LogP) is 5.05. The number of rotatable bonds is 5. The fourth-order valence-corrected chi connectivity index (χ4v) is 2.47. The van der Waals surface area contributed by atoms with Crippen molar-refractivity contribution in [1.82, 2.24) is 0 Å². The van der Waals surface area contributed by atoms with Crippen molar-refractivity contribution in [2.45, 2.75) is 0 Å². The van der Waals surface area contributed by atoms with E-state index >= 15 is 0 Å². The van der Waals surface area contributed by atoms with E-state index in [-0.39, 0.29) is 11.5 Å². The van der Waals surface area contributed by atoms with Crippen molar-refractivity contribution in [2.75, 3.05) is 0 Å². The lowest BCUT2D eigenvalue weighted by Crippen LogP contribution is -2.15. The van der Waals surface area contributed by atoms with Crippen LogP contribution in [0.3, 0.4) is 0 Å². The summed E-state index contributed by atoms with van der Waals surface area (Å²) in [5.74, 6) is -0.178. The molecule has 0 N–H and O–H groups in total. The summed E-state index contributed by atoms with van der Waals surface area (Å²) in [6.45, 7) is 0. The fraction of sp³-hybridized carbons (Fsp3) is 0. The summed E-state index contributed by atoms with van der Waals surface area (Å²) in [6, 6.07) is 25.6. The molecule has 0 radical (unpaired) electrons. The van der Waals surface area contributed by atoms with E-state index < -0.39 is 0 Å². The highest BCUT2D eigenvalue weighted by Crippen LogP contribution is 2.13. The highest BCUT2D eigenvalue weighted by molar-refractivity contribution is 6.51. The normalized spacial score (nSPS) is 11.6. The molecule has 0 heterocycles. The highest BCUT2D eigenvalue weighted by Gasteiger charge is 2.15. The molecule has 4 heteroatoms. The molecule has 0 fully saturated rings. The number of Topliss-reactive ketones (excluding diaryl/α,β-unsaturated/α-hetero) is 1. The molecule has 25 heavy (non-hydrogen) atoms. The van der Waals surface area contributed by atoms with E-state index in [0.717, 1.165) is 5.56 Å². The lowest BCUT2D eigenvalue weighted by atomic mass is 10.0. The number of nitrogens with zero attached hydrogens (tertiary/aromatic N) is 2. The van der Waals surface area contributed by atoms with Gasteiger partial charge in [0.1, 0.15) is 5.71 Å². The summed E-state index contributed by atoms with van der Waals surface area (Å²) in [7, 11) is 0. The number of carbonyl (C=O) groups is 1. The van der Waals surface area contributed by atoms with Crippen LogP contribution in [0.2, 0.25) is 5.02 Å². The second kappa shape index (κ2) is 8.18. The van der Waals surface area contributed by atoms with Gasteiger partial charge in [0.05, 0.1) is 6.21 Å². The van der Waals surface area contributed by atoms with Gasteiger partial charge in [-0.05, 0) is 6.07 Å². The number of hydrogen-bond donors (Lipinski definition) is 0. The van der Waals surface area contributed by atoms with Crippen LogP contribution >= 0.6 is 11.6 Å². The molecular weight excluding hydrogens is 332 g/mol. The number of hydrogen-bond acceptors (Lipinski definition) is 3. The Kier molecular flexibility index (Phi) is 5.50. The van der Waals surface area contributed by atoms with E-state index in [9.17, 15) is 4.79 Å². The van der Waals surface area contributed by atoms with Gasteiger partial charge in [0, 0.05) is 21.7 Å². The van der Waals surface area contributed by atoms with Crippen LogP contribution in [-0.2, 0) is 0 Å². The standard InChI is InChI=1S/C21H15ClN2O/c22-19-14-8-7-13-18(19)15-23-24-20(16-9-3-1-4-10-16)21(25)17-11-5-2-6-12-17/h1-15H. The Morgan fingerprint density at radius 3 is 1.96 bits per heavy atom. The van der Waals surface area contributed by atoms with Gasteiger partial charge >= 0.3 is 0 Å². The Morgan fingerprint density at radius 2 is 1.32 bits per heavy atom. The van der Waals surface area contributed by atoms with Crippen LogP contribution in [0.1, 0.15) is 21.5 Å².